The van der Waals surface area contributed by atoms with Crippen LogP contribution in [0.1, 0.15) is 31.6 Å². The Morgan fingerprint density at radius 2 is 2.13 bits per heavy atom. The van der Waals surface area contributed by atoms with Crippen LogP contribution in [-0.4, -0.2) is 56.6 Å². The molecule has 1 rings (SSSR count). The van der Waals surface area contributed by atoms with E-state index < -0.39 is 0 Å². The smallest absolute Gasteiger partial charge is 0.191 e. The summed E-state index contributed by atoms with van der Waals surface area (Å²) in [6.45, 7) is 4.57. The Morgan fingerprint density at radius 1 is 1.35 bits per heavy atom. The first-order chi connectivity index (χ1) is 10.7. The van der Waals surface area contributed by atoms with Gasteiger partial charge in [-0.3, -0.25) is 9.89 Å². The first-order valence-electron chi connectivity index (χ1n) is 7.90. The second-order valence-corrected chi connectivity index (χ2v) is 6.33. The third-order valence-corrected chi connectivity index (χ3v) is 4.03. The minimum absolute atomic E-state index is 0. The van der Waals surface area contributed by atoms with E-state index in [9.17, 15) is 0 Å². The Morgan fingerprint density at radius 3 is 2.70 bits per heavy atom. The Bertz CT molecular complexity index is 412. The summed E-state index contributed by atoms with van der Waals surface area (Å²) in [7, 11) is 4.09. The Labute approximate surface area is 162 Å². The lowest BCUT2D eigenvalue weighted by Gasteiger charge is -2.21. The highest BCUT2D eigenvalue weighted by atomic mass is 127. The van der Waals surface area contributed by atoms with Crippen LogP contribution < -0.4 is 10.6 Å². The third kappa shape index (κ3) is 9.46. The summed E-state index contributed by atoms with van der Waals surface area (Å²) < 4.78 is 5.52. The van der Waals surface area contributed by atoms with Crippen LogP contribution in [0, 0.1) is 0 Å². The van der Waals surface area contributed by atoms with Crippen LogP contribution in [0.4, 0.5) is 0 Å². The molecule has 7 heteroatoms. The third-order valence-electron chi connectivity index (χ3n) is 3.33. The zero-order chi connectivity index (χ0) is 16.2. The van der Waals surface area contributed by atoms with Crippen LogP contribution in [0.5, 0.6) is 0 Å². The normalized spacial score (nSPS) is 12.8. The number of halogens is 1. The van der Waals surface area contributed by atoms with Crippen molar-refractivity contribution in [2.24, 2.45) is 4.99 Å². The van der Waals surface area contributed by atoms with Crippen LogP contribution in [0.2, 0.25) is 0 Å². The zero-order valence-corrected chi connectivity index (χ0v) is 17.8. The molecule has 23 heavy (non-hydrogen) atoms. The van der Waals surface area contributed by atoms with Gasteiger partial charge in [-0.25, -0.2) is 0 Å². The molecule has 0 spiro atoms. The molecule has 1 atom stereocenters. The fourth-order valence-corrected chi connectivity index (χ4v) is 2.58. The van der Waals surface area contributed by atoms with Gasteiger partial charge in [-0.1, -0.05) is 0 Å². The molecule has 0 saturated heterocycles. The second kappa shape index (κ2) is 14.0. The van der Waals surface area contributed by atoms with Gasteiger partial charge in [0.1, 0.15) is 5.76 Å². The molecule has 134 valence electrons. The number of hydrogen-bond acceptors (Lipinski definition) is 4. The van der Waals surface area contributed by atoms with E-state index in [4.69, 9.17) is 9.41 Å². The maximum atomic E-state index is 5.52. The molecule has 0 aliphatic rings. The van der Waals surface area contributed by atoms with Crippen LogP contribution in [0.3, 0.4) is 0 Å². The number of nitrogens with zero attached hydrogens (tertiary/aromatic N) is 2. The number of likely N-dealkylation sites (N-methyl/N-ethyl adjacent to an activating group) is 1. The predicted molar refractivity (Wildman–Crippen MR) is 112 cm³/mol. The fraction of sp³-hybridized carbons (Fsp3) is 0.688. The lowest BCUT2D eigenvalue weighted by molar-refractivity contribution is 0.265. The van der Waals surface area contributed by atoms with E-state index in [0.717, 1.165) is 24.8 Å². The Kier molecular flexibility index (Phi) is 13.7. The van der Waals surface area contributed by atoms with Gasteiger partial charge in [0, 0.05) is 13.1 Å². The van der Waals surface area contributed by atoms with Crippen molar-refractivity contribution in [1.82, 2.24) is 15.5 Å². The van der Waals surface area contributed by atoms with Crippen molar-refractivity contribution >= 4 is 41.7 Å². The highest BCUT2D eigenvalue weighted by Gasteiger charge is 2.16. The van der Waals surface area contributed by atoms with Crippen molar-refractivity contribution in [3.63, 3.8) is 0 Å². The van der Waals surface area contributed by atoms with E-state index in [1.165, 1.54) is 18.6 Å². The molecule has 0 saturated carbocycles. The summed E-state index contributed by atoms with van der Waals surface area (Å²) in [4.78, 5) is 6.83. The zero-order valence-electron chi connectivity index (χ0n) is 14.7. The van der Waals surface area contributed by atoms with Crippen LogP contribution in [-0.2, 0) is 0 Å². The molecule has 1 aromatic rings. The average molecular weight is 454 g/mol. The van der Waals surface area contributed by atoms with E-state index >= 15 is 0 Å². The van der Waals surface area contributed by atoms with Crippen molar-refractivity contribution in [2.45, 2.75) is 25.8 Å². The maximum Gasteiger partial charge on any atom is 0.191 e. The number of thioether (sulfide) groups is 1. The van der Waals surface area contributed by atoms with E-state index in [2.05, 4.69) is 28.7 Å². The van der Waals surface area contributed by atoms with Crippen LogP contribution in [0.15, 0.2) is 27.8 Å². The standard InChI is InChI=1S/C16H30N4OS.HI/c1-5-17-16(18-10-6-7-12-22-4)19-13-14(20(2)3)15-9-8-11-21-15;/h8-9,11,14H,5-7,10,12-13H2,1-4H3,(H2,17,18,19);1H. The first kappa shape index (κ1) is 22.6. The molecule has 1 aromatic heterocycles. The second-order valence-electron chi connectivity index (χ2n) is 5.34. The van der Waals surface area contributed by atoms with E-state index in [1.54, 1.807) is 6.26 Å². The fourth-order valence-electron chi connectivity index (χ4n) is 2.09. The highest BCUT2D eigenvalue weighted by molar-refractivity contribution is 14.0. The van der Waals surface area contributed by atoms with Crippen LogP contribution in [0.25, 0.3) is 0 Å². The summed E-state index contributed by atoms with van der Waals surface area (Å²) in [6.07, 6.45) is 6.26. The number of nitrogens with one attached hydrogen (secondary N) is 2. The summed E-state index contributed by atoms with van der Waals surface area (Å²) in [5, 5.41) is 6.70. The van der Waals surface area contributed by atoms with Gasteiger partial charge in [-0.05, 0) is 58.0 Å². The van der Waals surface area contributed by atoms with Crippen molar-refractivity contribution in [3.8, 4) is 0 Å². The molecule has 0 bridgehead atoms. The highest BCUT2D eigenvalue weighted by Crippen LogP contribution is 2.18. The first-order valence-corrected chi connectivity index (χ1v) is 9.29. The number of rotatable bonds is 10. The summed E-state index contributed by atoms with van der Waals surface area (Å²) in [6, 6.07) is 4.08. The number of guanidine groups is 1. The Balaban J connectivity index is 0.00000484. The molecular formula is C16H31IN4OS. The lowest BCUT2D eigenvalue weighted by Crippen LogP contribution is -2.38. The number of hydrogen-bond donors (Lipinski definition) is 2. The topological polar surface area (TPSA) is 52.8 Å². The molecule has 0 aliphatic carbocycles. The molecule has 2 N–H and O–H groups in total. The van der Waals surface area contributed by atoms with Crippen LogP contribution >= 0.6 is 35.7 Å². The van der Waals surface area contributed by atoms with E-state index in [-0.39, 0.29) is 30.0 Å². The van der Waals surface area contributed by atoms with Crippen molar-refractivity contribution in [2.75, 3.05) is 45.7 Å². The van der Waals surface area contributed by atoms with Crippen molar-refractivity contribution < 1.29 is 4.42 Å². The maximum absolute atomic E-state index is 5.52. The van der Waals surface area contributed by atoms with E-state index in [0.29, 0.717) is 6.54 Å². The monoisotopic (exact) mass is 454 g/mol. The van der Waals surface area contributed by atoms with Gasteiger partial charge in [0.15, 0.2) is 5.96 Å². The number of aliphatic imine (C=N–C) groups is 1. The average Bonchev–Trinajstić information content (AvgIpc) is 3.00. The van der Waals surface area contributed by atoms with Gasteiger partial charge in [0.25, 0.3) is 0 Å². The lowest BCUT2D eigenvalue weighted by atomic mass is 10.2. The predicted octanol–water partition coefficient (Wildman–Crippen LogP) is 3.20. The molecular weight excluding hydrogens is 423 g/mol. The van der Waals surface area contributed by atoms with E-state index in [1.807, 2.05) is 38.0 Å². The van der Waals surface area contributed by atoms with Gasteiger partial charge >= 0.3 is 0 Å². The van der Waals surface area contributed by atoms with Gasteiger partial charge in [-0.15, -0.1) is 24.0 Å². The largest absolute Gasteiger partial charge is 0.468 e. The summed E-state index contributed by atoms with van der Waals surface area (Å²) >= 11 is 1.90. The summed E-state index contributed by atoms with van der Waals surface area (Å²) in [5.41, 5.74) is 0. The minimum Gasteiger partial charge on any atom is -0.468 e. The molecule has 0 radical (unpaired) electrons. The molecule has 0 aliphatic heterocycles. The summed E-state index contributed by atoms with van der Waals surface area (Å²) in [5.74, 6) is 3.05. The number of furan rings is 1. The molecule has 0 aromatic carbocycles. The minimum atomic E-state index is 0. The van der Waals surface area contributed by atoms with Crippen molar-refractivity contribution in [3.05, 3.63) is 24.2 Å². The van der Waals surface area contributed by atoms with Crippen molar-refractivity contribution in [1.29, 1.82) is 0 Å². The number of unbranched alkanes of at least 4 members (excludes halogenated alkanes) is 1. The molecule has 1 heterocycles. The molecule has 0 fully saturated rings. The Hall–Kier alpha value is -0.410. The van der Waals surface area contributed by atoms with Gasteiger partial charge in [-0.2, -0.15) is 11.8 Å². The van der Waals surface area contributed by atoms with Gasteiger partial charge < -0.3 is 15.1 Å². The quantitative estimate of drug-likeness (QED) is 0.246. The SMILES string of the molecule is CCNC(=NCC(c1ccco1)N(C)C)NCCCCSC.I. The van der Waals surface area contributed by atoms with Gasteiger partial charge in [0.2, 0.25) is 0 Å². The molecule has 5 nitrogen and oxygen atoms in total. The molecule has 0 amide bonds. The molecule has 1 unspecified atom stereocenters. The van der Waals surface area contributed by atoms with Gasteiger partial charge in [0.05, 0.1) is 18.8 Å².